The fourth-order valence-corrected chi connectivity index (χ4v) is 3.80. The van der Waals surface area contributed by atoms with Gasteiger partial charge in [-0.05, 0) is 43.4 Å². The van der Waals surface area contributed by atoms with Crippen LogP contribution in [0.2, 0.25) is 0 Å². The summed E-state index contributed by atoms with van der Waals surface area (Å²) in [5.74, 6) is 1.07. The summed E-state index contributed by atoms with van der Waals surface area (Å²) in [5, 5.41) is 9.91. The van der Waals surface area contributed by atoms with E-state index in [0.29, 0.717) is 12.5 Å². The molecule has 26 heavy (non-hydrogen) atoms. The van der Waals surface area contributed by atoms with E-state index in [9.17, 15) is 4.39 Å². The van der Waals surface area contributed by atoms with E-state index >= 15 is 0 Å². The van der Waals surface area contributed by atoms with E-state index in [-0.39, 0.29) is 11.2 Å². The van der Waals surface area contributed by atoms with Crippen LogP contribution in [-0.4, -0.2) is 24.0 Å². The monoisotopic (exact) mass is 374 g/mol. The topological polar surface area (TPSA) is 49.3 Å². The lowest BCUT2D eigenvalue weighted by Gasteiger charge is -2.19. The average Bonchev–Trinajstić information content (AvgIpc) is 3.26. The fraction of sp³-hybridized carbons (Fsp3) is 0.500. The number of hydrogen-bond donors (Lipinski definition) is 2. The molecular formula is C20H27FN4S. The molecule has 2 aromatic rings. The molecule has 140 valence electrons. The maximum Gasteiger partial charge on any atom is 0.191 e. The molecule has 0 aliphatic heterocycles. The molecule has 4 nitrogen and oxygen atoms in total. The number of thiazole rings is 1. The highest BCUT2D eigenvalue weighted by Crippen LogP contribution is 2.47. The minimum Gasteiger partial charge on any atom is -0.357 e. The SMILES string of the molecule is CCNC(=NCc1nc(C(C)C)cs1)NCC1(c2ccc(F)cc2)CC1. The first-order valence-electron chi connectivity index (χ1n) is 9.25. The van der Waals surface area contributed by atoms with Crippen LogP contribution < -0.4 is 10.6 Å². The van der Waals surface area contributed by atoms with Gasteiger partial charge in [0.05, 0.1) is 12.2 Å². The molecule has 0 bridgehead atoms. The molecule has 0 amide bonds. The van der Waals surface area contributed by atoms with Crippen LogP contribution in [0.25, 0.3) is 0 Å². The van der Waals surface area contributed by atoms with Crippen molar-refractivity contribution in [3.8, 4) is 0 Å². The molecule has 1 aliphatic rings. The quantitative estimate of drug-likeness (QED) is 0.564. The van der Waals surface area contributed by atoms with E-state index in [1.54, 1.807) is 23.5 Å². The zero-order valence-electron chi connectivity index (χ0n) is 15.7. The molecule has 2 N–H and O–H groups in total. The van der Waals surface area contributed by atoms with Gasteiger partial charge >= 0.3 is 0 Å². The summed E-state index contributed by atoms with van der Waals surface area (Å²) in [5.41, 5.74) is 2.44. The molecule has 1 fully saturated rings. The number of rotatable bonds is 7. The van der Waals surface area contributed by atoms with E-state index in [2.05, 4.69) is 46.8 Å². The normalized spacial score (nSPS) is 16.0. The Kier molecular flexibility index (Phi) is 5.91. The van der Waals surface area contributed by atoms with E-state index in [0.717, 1.165) is 42.6 Å². The van der Waals surface area contributed by atoms with E-state index in [4.69, 9.17) is 0 Å². The Balaban J connectivity index is 1.61. The van der Waals surface area contributed by atoms with Crippen LogP contribution in [0.4, 0.5) is 4.39 Å². The summed E-state index contributed by atoms with van der Waals surface area (Å²) in [4.78, 5) is 9.32. The fourth-order valence-electron chi connectivity index (χ4n) is 2.93. The van der Waals surface area contributed by atoms with Crippen molar-refractivity contribution in [1.82, 2.24) is 15.6 Å². The van der Waals surface area contributed by atoms with Gasteiger partial charge in [-0.1, -0.05) is 26.0 Å². The predicted octanol–water partition coefficient (Wildman–Crippen LogP) is 4.19. The molecule has 1 saturated carbocycles. The highest BCUT2D eigenvalue weighted by molar-refractivity contribution is 7.09. The lowest BCUT2D eigenvalue weighted by molar-refractivity contribution is 0.617. The Labute approximate surface area is 159 Å². The first kappa shape index (κ1) is 18.8. The van der Waals surface area contributed by atoms with Crippen LogP contribution in [-0.2, 0) is 12.0 Å². The van der Waals surface area contributed by atoms with Crippen molar-refractivity contribution in [3.05, 3.63) is 51.7 Å². The Morgan fingerprint density at radius 2 is 2.00 bits per heavy atom. The average molecular weight is 375 g/mol. The van der Waals surface area contributed by atoms with Gasteiger partial charge in [-0.3, -0.25) is 0 Å². The van der Waals surface area contributed by atoms with E-state index < -0.39 is 0 Å². The summed E-state index contributed by atoms with van der Waals surface area (Å²) >= 11 is 1.66. The summed E-state index contributed by atoms with van der Waals surface area (Å²) in [7, 11) is 0. The largest absolute Gasteiger partial charge is 0.357 e. The van der Waals surface area contributed by atoms with E-state index in [1.807, 2.05) is 12.1 Å². The summed E-state index contributed by atoms with van der Waals surface area (Å²) < 4.78 is 13.2. The lowest BCUT2D eigenvalue weighted by Crippen LogP contribution is -2.41. The number of nitrogens with zero attached hydrogens (tertiary/aromatic N) is 2. The molecule has 1 aromatic heterocycles. The second-order valence-electron chi connectivity index (χ2n) is 7.16. The Morgan fingerprint density at radius 1 is 1.27 bits per heavy atom. The van der Waals surface area contributed by atoms with E-state index in [1.165, 1.54) is 5.56 Å². The summed E-state index contributed by atoms with van der Waals surface area (Å²) in [6.45, 7) is 8.56. The molecule has 0 spiro atoms. The molecule has 1 heterocycles. The molecule has 0 radical (unpaired) electrons. The van der Waals surface area contributed by atoms with Gasteiger partial charge in [0, 0.05) is 23.9 Å². The molecule has 0 atom stereocenters. The van der Waals surface area contributed by atoms with Crippen molar-refractivity contribution in [2.75, 3.05) is 13.1 Å². The number of halogens is 1. The molecule has 1 aliphatic carbocycles. The maximum absolute atomic E-state index is 13.2. The van der Waals surface area contributed by atoms with Crippen molar-refractivity contribution >= 4 is 17.3 Å². The smallest absolute Gasteiger partial charge is 0.191 e. The number of guanidine groups is 1. The van der Waals surface area contributed by atoms with Crippen molar-refractivity contribution < 1.29 is 4.39 Å². The van der Waals surface area contributed by atoms with Crippen LogP contribution in [0, 0.1) is 5.82 Å². The van der Waals surface area contributed by atoms with Crippen molar-refractivity contribution in [3.63, 3.8) is 0 Å². The van der Waals surface area contributed by atoms with Gasteiger partial charge in [-0.2, -0.15) is 0 Å². The van der Waals surface area contributed by atoms with Crippen molar-refractivity contribution in [2.24, 2.45) is 4.99 Å². The van der Waals surface area contributed by atoms with Crippen molar-refractivity contribution in [2.45, 2.75) is 51.5 Å². The predicted molar refractivity (Wildman–Crippen MR) is 106 cm³/mol. The van der Waals surface area contributed by atoms with Gasteiger partial charge in [0.15, 0.2) is 5.96 Å². The minimum absolute atomic E-state index is 0.107. The van der Waals surface area contributed by atoms with Crippen LogP contribution >= 0.6 is 11.3 Å². The van der Waals surface area contributed by atoms with Gasteiger partial charge in [-0.25, -0.2) is 14.4 Å². The molecule has 0 unspecified atom stereocenters. The van der Waals surface area contributed by atoms with Gasteiger partial charge in [0.25, 0.3) is 0 Å². The number of hydrogen-bond acceptors (Lipinski definition) is 3. The van der Waals surface area contributed by atoms with Crippen molar-refractivity contribution in [1.29, 1.82) is 0 Å². The summed E-state index contributed by atoms with van der Waals surface area (Å²) in [6.07, 6.45) is 2.24. The van der Waals surface area contributed by atoms with Crippen LogP contribution in [0.5, 0.6) is 0 Å². The highest BCUT2D eigenvalue weighted by atomic mass is 32.1. The van der Waals surface area contributed by atoms with Crippen LogP contribution in [0.15, 0.2) is 34.6 Å². The second-order valence-corrected chi connectivity index (χ2v) is 8.10. The van der Waals surface area contributed by atoms with Gasteiger partial charge in [0.2, 0.25) is 0 Å². The molecule has 6 heteroatoms. The second kappa shape index (κ2) is 8.16. The lowest BCUT2D eigenvalue weighted by atomic mass is 9.96. The highest BCUT2D eigenvalue weighted by Gasteiger charge is 2.44. The third kappa shape index (κ3) is 4.61. The zero-order chi connectivity index (χ0) is 18.6. The number of aliphatic imine (C=N–C) groups is 1. The number of aromatic nitrogens is 1. The third-order valence-electron chi connectivity index (χ3n) is 4.78. The molecule has 1 aromatic carbocycles. The Bertz CT molecular complexity index is 747. The molecular weight excluding hydrogens is 347 g/mol. The van der Waals surface area contributed by atoms with Gasteiger partial charge < -0.3 is 10.6 Å². The maximum atomic E-state index is 13.2. The number of nitrogens with one attached hydrogen (secondary N) is 2. The first-order valence-corrected chi connectivity index (χ1v) is 10.1. The molecule has 3 rings (SSSR count). The zero-order valence-corrected chi connectivity index (χ0v) is 16.5. The van der Waals surface area contributed by atoms with Gasteiger partial charge in [-0.15, -0.1) is 11.3 Å². The standard InChI is InChI=1S/C20H27FN4S/c1-4-22-19(23-11-18-25-17(12-26-18)14(2)3)24-13-20(9-10-20)15-5-7-16(21)8-6-15/h5-8,12,14H,4,9-11,13H2,1-3H3,(H2,22,23,24). The summed E-state index contributed by atoms with van der Waals surface area (Å²) in [6, 6.07) is 6.89. The third-order valence-corrected chi connectivity index (χ3v) is 5.63. The molecule has 0 saturated heterocycles. The minimum atomic E-state index is -0.184. The van der Waals surface area contributed by atoms with Crippen LogP contribution in [0.1, 0.15) is 55.8 Å². The van der Waals surface area contributed by atoms with Gasteiger partial charge in [0.1, 0.15) is 10.8 Å². The number of benzene rings is 1. The Morgan fingerprint density at radius 3 is 2.58 bits per heavy atom. The van der Waals surface area contributed by atoms with Crippen LogP contribution in [0.3, 0.4) is 0 Å². The Hall–Kier alpha value is -1.95. The first-order chi connectivity index (χ1) is 12.5.